The highest BCUT2D eigenvalue weighted by atomic mass is 32.1. The molecule has 24 heavy (non-hydrogen) atoms. The molecule has 1 aromatic heterocycles. The molecular weight excluding hydrogens is 316 g/mol. The fourth-order valence-electron chi connectivity index (χ4n) is 3.20. The molecular formula is C20H20N2OS. The van der Waals surface area contributed by atoms with E-state index in [0.717, 1.165) is 40.9 Å². The lowest BCUT2D eigenvalue weighted by molar-refractivity contribution is 0.0935. The number of thiophene rings is 1. The van der Waals surface area contributed by atoms with E-state index in [1.807, 2.05) is 24.3 Å². The minimum Gasteiger partial charge on any atom is -0.347 e. The summed E-state index contributed by atoms with van der Waals surface area (Å²) in [4.78, 5) is 13.3. The van der Waals surface area contributed by atoms with Gasteiger partial charge in [0.2, 0.25) is 0 Å². The second-order valence-corrected chi connectivity index (χ2v) is 7.33. The lowest BCUT2D eigenvalue weighted by Crippen LogP contribution is -2.45. The summed E-state index contributed by atoms with van der Waals surface area (Å²) in [7, 11) is 0. The summed E-state index contributed by atoms with van der Waals surface area (Å²) in [5, 5.41) is 7.62. The summed E-state index contributed by atoms with van der Waals surface area (Å²) in [6, 6.07) is 19.0. The standard InChI is InChI=1S/C20H20N2OS/c23-20(22-17-7-4-10-21-13-17)19-12-16-11-15(8-9-18(16)24-19)14-5-2-1-3-6-14/h1-3,5-6,8-9,11-12,17,21H,4,7,10,13H2,(H,22,23)/t17-/m1/s1. The van der Waals surface area contributed by atoms with Gasteiger partial charge in [-0.2, -0.15) is 0 Å². The Hall–Kier alpha value is -2.17. The molecule has 0 saturated carbocycles. The van der Waals surface area contributed by atoms with Crippen LogP contribution < -0.4 is 10.6 Å². The first-order chi connectivity index (χ1) is 11.8. The van der Waals surface area contributed by atoms with Gasteiger partial charge in [-0.05, 0) is 54.1 Å². The number of amides is 1. The van der Waals surface area contributed by atoms with Crippen molar-refractivity contribution in [3.8, 4) is 11.1 Å². The summed E-state index contributed by atoms with van der Waals surface area (Å²) >= 11 is 1.57. The van der Waals surface area contributed by atoms with Gasteiger partial charge in [0.1, 0.15) is 0 Å². The van der Waals surface area contributed by atoms with E-state index in [-0.39, 0.29) is 11.9 Å². The quantitative estimate of drug-likeness (QED) is 0.757. The number of carbonyl (C=O) groups excluding carboxylic acids is 1. The predicted octanol–water partition coefficient (Wildman–Crippen LogP) is 4.05. The highest BCUT2D eigenvalue weighted by Crippen LogP contribution is 2.30. The Balaban J connectivity index is 1.57. The van der Waals surface area contributed by atoms with Crippen LogP contribution >= 0.6 is 11.3 Å². The molecule has 3 aromatic rings. The molecule has 2 aromatic carbocycles. The smallest absolute Gasteiger partial charge is 0.261 e. The molecule has 3 nitrogen and oxygen atoms in total. The Kier molecular flexibility index (Phi) is 4.32. The van der Waals surface area contributed by atoms with Gasteiger partial charge in [0.15, 0.2) is 0 Å². The number of benzene rings is 2. The maximum absolute atomic E-state index is 12.5. The fourth-order valence-corrected chi connectivity index (χ4v) is 4.14. The molecule has 0 unspecified atom stereocenters. The molecule has 1 aliphatic heterocycles. The first-order valence-electron chi connectivity index (χ1n) is 8.40. The first-order valence-corrected chi connectivity index (χ1v) is 9.22. The van der Waals surface area contributed by atoms with Gasteiger partial charge in [-0.1, -0.05) is 36.4 Å². The first kappa shape index (κ1) is 15.4. The number of hydrogen-bond acceptors (Lipinski definition) is 3. The summed E-state index contributed by atoms with van der Waals surface area (Å²) in [5.41, 5.74) is 2.38. The van der Waals surface area contributed by atoms with E-state index in [4.69, 9.17) is 0 Å². The molecule has 0 spiro atoms. The average Bonchev–Trinajstić information content (AvgIpc) is 3.07. The SMILES string of the molecule is O=C(N[C@@H]1CCCNC1)c1cc2cc(-c3ccccc3)ccc2s1. The predicted molar refractivity (Wildman–Crippen MR) is 101 cm³/mol. The van der Waals surface area contributed by atoms with Gasteiger partial charge in [-0.3, -0.25) is 4.79 Å². The topological polar surface area (TPSA) is 41.1 Å². The van der Waals surface area contributed by atoms with Crippen LogP contribution in [0.2, 0.25) is 0 Å². The molecule has 4 heteroatoms. The van der Waals surface area contributed by atoms with E-state index in [1.54, 1.807) is 11.3 Å². The van der Waals surface area contributed by atoms with Crippen molar-refractivity contribution in [3.05, 3.63) is 59.5 Å². The molecule has 1 atom stereocenters. The maximum atomic E-state index is 12.5. The van der Waals surface area contributed by atoms with Crippen LogP contribution in [0.15, 0.2) is 54.6 Å². The molecule has 0 bridgehead atoms. The number of rotatable bonds is 3. The van der Waals surface area contributed by atoms with Gasteiger partial charge in [-0.15, -0.1) is 11.3 Å². The maximum Gasteiger partial charge on any atom is 0.261 e. The molecule has 4 rings (SSSR count). The highest BCUT2D eigenvalue weighted by molar-refractivity contribution is 7.20. The number of nitrogens with one attached hydrogen (secondary N) is 2. The van der Waals surface area contributed by atoms with E-state index in [0.29, 0.717) is 0 Å². The Morgan fingerprint density at radius 2 is 1.96 bits per heavy atom. The van der Waals surface area contributed by atoms with Gasteiger partial charge in [0.05, 0.1) is 4.88 Å². The monoisotopic (exact) mass is 336 g/mol. The molecule has 1 saturated heterocycles. The molecule has 122 valence electrons. The van der Waals surface area contributed by atoms with Crippen LogP contribution in [0.5, 0.6) is 0 Å². The Morgan fingerprint density at radius 3 is 2.75 bits per heavy atom. The third-order valence-corrected chi connectivity index (χ3v) is 5.59. The normalized spacial score (nSPS) is 17.8. The van der Waals surface area contributed by atoms with Gasteiger partial charge in [-0.25, -0.2) is 0 Å². The van der Waals surface area contributed by atoms with Gasteiger partial charge >= 0.3 is 0 Å². The van der Waals surface area contributed by atoms with Crippen LogP contribution in [0.3, 0.4) is 0 Å². The second kappa shape index (κ2) is 6.75. The minimum atomic E-state index is 0.0474. The van der Waals surface area contributed by atoms with Crippen LogP contribution in [0, 0.1) is 0 Å². The Bertz CT molecular complexity index is 850. The Morgan fingerprint density at radius 1 is 1.08 bits per heavy atom. The molecule has 1 amide bonds. The largest absolute Gasteiger partial charge is 0.347 e. The van der Waals surface area contributed by atoms with E-state index in [2.05, 4.69) is 41.0 Å². The minimum absolute atomic E-state index is 0.0474. The third-order valence-electron chi connectivity index (χ3n) is 4.48. The van der Waals surface area contributed by atoms with Crippen molar-refractivity contribution in [1.82, 2.24) is 10.6 Å². The zero-order chi connectivity index (χ0) is 16.4. The van der Waals surface area contributed by atoms with E-state index < -0.39 is 0 Å². The zero-order valence-electron chi connectivity index (χ0n) is 13.4. The van der Waals surface area contributed by atoms with Gasteiger partial charge in [0, 0.05) is 17.3 Å². The van der Waals surface area contributed by atoms with Crippen LogP contribution in [0.4, 0.5) is 0 Å². The van der Waals surface area contributed by atoms with Gasteiger partial charge in [0.25, 0.3) is 5.91 Å². The summed E-state index contributed by atoms with van der Waals surface area (Å²) in [6.45, 7) is 1.92. The molecule has 1 aliphatic rings. The van der Waals surface area contributed by atoms with Crippen molar-refractivity contribution in [2.75, 3.05) is 13.1 Å². The van der Waals surface area contributed by atoms with Crippen molar-refractivity contribution >= 4 is 27.3 Å². The van der Waals surface area contributed by atoms with Crippen molar-refractivity contribution in [2.45, 2.75) is 18.9 Å². The Labute approximate surface area is 145 Å². The van der Waals surface area contributed by atoms with Crippen LogP contribution in [0.1, 0.15) is 22.5 Å². The number of hydrogen-bond donors (Lipinski definition) is 2. The van der Waals surface area contributed by atoms with E-state index in [9.17, 15) is 4.79 Å². The summed E-state index contributed by atoms with van der Waals surface area (Å²) in [5.74, 6) is 0.0474. The third kappa shape index (κ3) is 3.21. The van der Waals surface area contributed by atoms with E-state index in [1.165, 1.54) is 11.1 Å². The summed E-state index contributed by atoms with van der Waals surface area (Å²) < 4.78 is 1.15. The number of piperidine rings is 1. The molecule has 2 heterocycles. The zero-order valence-corrected chi connectivity index (χ0v) is 14.2. The van der Waals surface area contributed by atoms with Crippen LogP contribution in [-0.2, 0) is 0 Å². The van der Waals surface area contributed by atoms with Crippen LogP contribution in [0.25, 0.3) is 21.2 Å². The van der Waals surface area contributed by atoms with Crippen molar-refractivity contribution in [1.29, 1.82) is 0 Å². The van der Waals surface area contributed by atoms with Crippen LogP contribution in [-0.4, -0.2) is 25.0 Å². The highest BCUT2D eigenvalue weighted by Gasteiger charge is 2.18. The summed E-state index contributed by atoms with van der Waals surface area (Å²) in [6.07, 6.45) is 2.18. The second-order valence-electron chi connectivity index (χ2n) is 6.25. The molecule has 1 fully saturated rings. The lowest BCUT2D eigenvalue weighted by atomic mass is 10.0. The van der Waals surface area contributed by atoms with Crippen molar-refractivity contribution in [2.24, 2.45) is 0 Å². The molecule has 0 radical (unpaired) electrons. The molecule has 0 aliphatic carbocycles. The van der Waals surface area contributed by atoms with E-state index >= 15 is 0 Å². The number of carbonyl (C=O) groups is 1. The average molecular weight is 336 g/mol. The molecule has 2 N–H and O–H groups in total. The van der Waals surface area contributed by atoms with Crippen molar-refractivity contribution < 1.29 is 4.79 Å². The van der Waals surface area contributed by atoms with Gasteiger partial charge < -0.3 is 10.6 Å². The number of fused-ring (bicyclic) bond motifs is 1. The fraction of sp³-hybridized carbons (Fsp3) is 0.250. The van der Waals surface area contributed by atoms with Crippen molar-refractivity contribution in [3.63, 3.8) is 0 Å². The lowest BCUT2D eigenvalue weighted by Gasteiger charge is -2.23.